The molecule has 1 rings (SSSR count). The Morgan fingerprint density at radius 3 is 2.75 bits per heavy atom. The lowest BCUT2D eigenvalue weighted by atomic mass is 10.1. The van der Waals surface area contributed by atoms with Gasteiger partial charge < -0.3 is 10.2 Å². The van der Waals surface area contributed by atoms with E-state index < -0.39 is 5.97 Å². The van der Waals surface area contributed by atoms with Gasteiger partial charge in [-0.3, -0.25) is 0 Å². The van der Waals surface area contributed by atoms with Crippen molar-refractivity contribution in [2.24, 2.45) is 0 Å². The molecule has 0 fully saturated rings. The molecule has 88 valence electrons. The number of carboxylic acid groups (broad SMARTS) is 1. The summed E-state index contributed by atoms with van der Waals surface area (Å²) in [6.45, 7) is 4.02. The number of carboxylic acids is 1. The molecule has 16 heavy (non-hydrogen) atoms. The smallest absolute Gasteiger partial charge is 0.336 e. The summed E-state index contributed by atoms with van der Waals surface area (Å²) in [6, 6.07) is 5.27. The van der Waals surface area contributed by atoms with E-state index in [1.54, 1.807) is 12.1 Å². The Morgan fingerprint density at radius 1 is 1.50 bits per heavy atom. The maximum Gasteiger partial charge on any atom is 0.336 e. The number of thioether (sulfide) groups is 1. The van der Waals surface area contributed by atoms with Crippen LogP contribution in [0, 0.1) is 6.92 Å². The maximum absolute atomic E-state index is 11.1. The Morgan fingerprint density at radius 2 is 2.19 bits per heavy atom. The molecule has 0 spiro atoms. The van der Waals surface area contributed by atoms with Gasteiger partial charge in [-0.05, 0) is 25.0 Å². The predicted octanol–water partition coefficient (Wildman–Crippen LogP) is 2.56. The van der Waals surface area contributed by atoms with Crippen LogP contribution in [0.3, 0.4) is 0 Å². The van der Waals surface area contributed by atoms with E-state index in [-0.39, 0.29) is 11.9 Å². The van der Waals surface area contributed by atoms with E-state index in [9.17, 15) is 4.79 Å². The lowest BCUT2D eigenvalue weighted by Gasteiger charge is -2.13. The molecule has 1 aromatic carbocycles. The summed E-state index contributed by atoms with van der Waals surface area (Å²) in [4.78, 5) is 11.9. The third-order valence-electron chi connectivity index (χ3n) is 2.30. The number of rotatable bonds is 5. The van der Waals surface area contributed by atoms with Gasteiger partial charge in [0.2, 0.25) is 0 Å². The van der Waals surface area contributed by atoms with Crippen LogP contribution in [0.4, 0.5) is 0 Å². The van der Waals surface area contributed by atoms with Gasteiger partial charge in [-0.15, -0.1) is 11.8 Å². The molecule has 4 heteroatoms. The fourth-order valence-corrected chi connectivity index (χ4v) is 2.58. The first-order valence-corrected chi connectivity index (χ1v) is 6.04. The van der Waals surface area contributed by atoms with Crippen LogP contribution in [-0.4, -0.2) is 28.0 Å². The lowest BCUT2D eigenvalue weighted by Crippen LogP contribution is -2.05. The number of aromatic carboxylic acids is 1. The number of hydrogen-bond donors (Lipinski definition) is 2. The molecular formula is C12H16O3S. The zero-order chi connectivity index (χ0) is 12.1. The highest BCUT2D eigenvalue weighted by Crippen LogP contribution is 2.31. The molecule has 0 aliphatic heterocycles. The van der Waals surface area contributed by atoms with Crippen molar-refractivity contribution in [3.8, 4) is 0 Å². The monoisotopic (exact) mass is 240 g/mol. The van der Waals surface area contributed by atoms with Crippen LogP contribution in [0.25, 0.3) is 0 Å². The van der Waals surface area contributed by atoms with Crippen molar-refractivity contribution in [3.63, 3.8) is 0 Å². The molecule has 0 radical (unpaired) electrons. The minimum atomic E-state index is -0.901. The van der Waals surface area contributed by atoms with Crippen LogP contribution in [0.2, 0.25) is 0 Å². The molecule has 0 aromatic heterocycles. The highest BCUT2D eigenvalue weighted by molar-refractivity contribution is 8.00. The summed E-state index contributed by atoms with van der Waals surface area (Å²) >= 11 is 1.51. The number of aryl methyl sites for hydroxylation is 1. The number of aliphatic hydroxyl groups excluding tert-OH is 1. The van der Waals surface area contributed by atoms with Gasteiger partial charge in [-0.25, -0.2) is 4.79 Å². The second-order valence-corrected chi connectivity index (χ2v) is 5.15. The van der Waals surface area contributed by atoms with Crippen molar-refractivity contribution in [2.45, 2.75) is 30.4 Å². The highest BCUT2D eigenvalue weighted by Gasteiger charge is 2.14. The van der Waals surface area contributed by atoms with E-state index in [4.69, 9.17) is 10.2 Å². The van der Waals surface area contributed by atoms with Crippen molar-refractivity contribution in [3.05, 3.63) is 29.3 Å². The molecule has 0 heterocycles. The summed E-state index contributed by atoms with van der Waals surface area (Å²) in [5, 5.41) is 18.1. The molecule has 0 amide bonds. The van der Waals surface area contributed by atoms with Crippen molar-refractivity contribution < 1.29 is 15.0 Å². The van der Waals surface area contributed by atoms with Gasteiger partial charge in [-0.1, -0.05) is 19.1 Å². The van der Waals surface area contributed by atoms with Gasteiger partial charge in [0, 0.05) is 16.8 Å². The Hall–Kier alpha value is -1.00. The van der Waals surface area contributed by atoms with E-state index in [1.807, 2.05) is 19.9 Å². The fraction of sp³-hybridized carbons (Fsp3) is 0.417. The van der Waals surface area contributed by atoms with Crippen molar-refractivity contribution in [1.29, 1.82) is 0 Å². The summed E-state index contributed by atoms with van der Waals surface area (Å²) < 4.78 is 0. The molecule has 0 aliphatic rings. The second-order valence-electron chi connectivity index (χ2n) is 3.70. The van der Waals surface area contributed by atoms with E-state index in [1.165, 1.54) is 11.8 Å². The average molecular weight is 240 g/mol. The average Bonchev–Trinajstić information content (AvgIpc) is 2.21. The number of aliphatic hydroxyl groups is 1. The molecule has 0 bridgehead atoms. The zero-order valence-electron chi connectivity index (χ0n) is 9.43. The van der Waals surface area contributed by atoms with Crippen LogP contribution in [-0.2, 0) is 0 Å². The summed E-state index contributed by atoms with van der Waals surface area (Å²) in [5.41, 5.74) is 1.31. The third-order valence-corrected chi connectivity index (χ3v) is 3.71. The largest absolute Gasteiger partial charge is 0.478 e. The molecule has 0 saturated carbocycles. The van der Waals surface area contributed by atoms with Crippen LogP contribution in [0.5, 0.6) is 0 Å². The maximum atomic E-state index is 11.1. The van der Waals surface area contributed by atoms with Crippen molar-refractivity contribution in [2.75, 3.05) is 6.61 Å². The van der Waals surface area contributed by atoms with Gasteiger partial charge >= 0.3 is 5.97 Å². The molecule has 1 unspecified atom stereocenters. The van der Waals surface area contributed by atoms with E-state index >= 15 is 0 Å². The van der Waals surface area contributed by atoms with Gasteiger partial charge in [-0.2, -0.15) is 0 Å². The molecule has 0 saturated heterocycles. The molecule has 1 aromatic rings. The van der Waals surface area contributed by atoms with Crippen molar-refractivity contribution >= 4 is 17.7 Å². The molecule has 2 N–H and O–H groups in total. The fourth-order valence-electron chi connectivity index (χ4n) is 1.42. The Labute approximate surface area is 99.5 Å². The Bertz CT molecular complexity index is 377. The SMILES string of the molecule is Cc1cccc(C(=O)O)c1SC(C)CCO. The lowest BCUT2D eigenvalue weighted by molar-refractivity contribution is 0.0693. The minimum Gasteiger partial charge on any atom is -0.478 e. The zero-order valence-corrected chi connectivity index (χ0v) is 10.3. The summed E-state index contributed by atoms with van der Waals surface area (Å²) in [7, 11) is 0. The van der Waals surface area contributed by atoms with Crippen LogP contribution in [0.15, 0.2) is 23.1 Å². The van der Waals surface area contributed by atoms with E-state index in [0.717, 1.165) is 10.5 Å². The van der Waals surface area contributed by atoms with Crippen molar-refractivity contribution in [1.82, 2.24) is 0 Å². The standard InChI is InChI=1S/C12H16O3S/c1-8-4-3-5-10(12(14)15)11(8)16-9(2)6-7-13/h3-5,9,13H,6-7H2,1-2H3,(H,14,15). The predicted molar refractivity (Wildman–Crippen MR) is 65.2 cm³/mol. The topological polar surface area (TPSA) is 57.5 Å². The number of benzene rings is 1. The number of carbonyl (C=O) groups is 1. The van der Waals surface area contributed by atoms with E-state index in [0.29, 0.717) is 12.0 Å². The summed E-state index contributed by atoms with van der Waals surface area (Å²) in [5.74, 6) is -0.901. The highest BCUT2D eigenvalue weighted by atomic mass is 32.2. The van der Waals surface area contributed by atoms with E-state index in [2.05, 4.69) is 0 Å². The minimum absolute atomic E-state index is 0.127. The normalized spacial score (nSPS) is 12.4. The quantitative estimate of drug-likeness (QED) is 0.777. The number of hydrogen-bond acceptors (Lipinski definition) is 3. The summed E-state index contributed by atoms with van der Waals surface area (Å²) in [6.07, 6.45) is 0.665. The third kappa shape index (κ3) is 3.25. The van der Waals surface area contributed by atoms with Crippen LogP contribution >= 0.6 is 11.8 Å². The second kappa shape index (κ2) is 5.92. The molecule has 0 aliphatic carbocycles. The van der Waals surface area contributed by atoms with Crippen LogP contribution in [0.1, 0.15) is 29.3 Å². The van der Waals surface area contributed by atoms with Gasteiger partial charge in [0.25, 0.3) is 0 Å². The molecule has 3 nitrogen and oxygen atoms in total. The Balaban J connectivity index is 2.97. The first-order valence-electron chi connectivity index (χ1n) is 5.16. The van der Waals surface area contributed by atoms with Gasteiger partial charge in [0.05, 0.1) is 5.56 Å². The first-order chi connectivity index (χ1) is 7.56. The molecule has 1 atom stereocenters. The Kier molecular flexibility index (Phi) is 4.83. The van der Waals surface area contributed by atoms with Gasteiger partial charge in [0.1, 0.15) is 0 Å². The molecular weight excluding hydrogens is 224 g/mol. The van der Waals surface area contributed by atoms with Crippen LogP contribution < -0.4 is 0 Å². The first kappa shape index (κ1) is 13.1. The van der Waals surface area contributed by atoms with Gasteiger partial charge in [0.15, 0.2) is 0 Å².